The molecule has 1 aromatic carbocycles. The minimum absolute atomic E-state index is 0.0185. The van der Waals surface area contributed by atoms with Gasteiger partial charge in [0.15, 0.2) is 5.65 Å². The first-order chi connectivity index (χ1) is 13.9. The predicted molar refractivity (Wildman–Crippen MR) is 94.0 cm³/mol. The Kier molecular flexibility index (Phi) is 5.28. The molecule has 0 bridgehead atoms. The van der Waals surface area contributed by atoms with Crippen molar-refractivity contribution in [2.45, 2.75) is 18.5 Å². The molecule has 0 aliphatic heterocycles. The molecule has 9 nitrogen and oxygen atoms in total. The van der Waals surface area contributed by atoms with Crippen LogP contribution < -0.4 is 9.50 Å². The van der Waals surface area contributed by atoms with E-state index in [9.17, 15) is 30.8 Å². The number of carboxylic acids is 1. The lowest BCUT2D eigenvalue weighted by Gasteiger charge is -2.19. The van der Waals surface area contributed by atoms with Crippen molar-refractivity contribution in [1.82, 2.24) is 14.6 Å². The van der Waals surface area contributed by atoms with Crippen molar-refractivity contribution in [3.63, 3.8) is 0 Å². The van der Waals surface area contributed by atoms with Crippen molar-refractivity contribution in [3.8, 4) is 5.75 Å². The molecule has 0 saturated heterocycles. The minimum atomic E-state index is -5.97. The highest BCUT2D eigenvalue weighted by molar-refractivity contribution is 7.88. The predicted octanol–water partition coefficient (Wildman–Crippen LogP) is 2.97. The van der Waals surface area contributed by atoms with Gasteiger partial charge in [0, 0.05) is 11.8 Å². The summed E-state index contributed by atoms with van der Waals surface area (Å²) in [7, 11) is -5.97. The summed E-state index contributed by atoms with van der Waals surface area (Å²) in [5, 5.41) is 15.7. The van der Waals surface area contributed by atoms with Crippen molar-refractivity contribution in [2.75, 3.05) is 5.32 Å². The van der Waals surface area contributed by atoms with Gasteiger partial charge in [-0.25, -0.2) is 18.7 Å². The molecule has 2 heterocycles. The van der Waals surface area contributed by atoms with Gasteiger partial charge < -0.3 is 14.6 Å². The summed E-state index contributed by atoms with van der Waals surface area (Å²) >= 11 is 0. The van der Waals surface area contributed by atoms with Crippen LogP contribution in [0.3, 0.4) is 0 Å². The minimum Gasteiger partial charge on any atom is -0.477 e. The zero-order valence-corrected chi connectivity index (χ0v) is 15.7. The number of anilines is 1. The number of halogens is 4. The van der Waals surface area contributed by atoms with E-state index in [2.05, 4.69) is 19.6 Å². The maximum absolute atomic E-state index is 13.7. The number of benzene rings is 1. The molecule has 0 radical (unpaired) electrons. The van der Waals surface area contributed by atoms with Crippen LogP contribution in [-0.4, -0.2) is 39.6 Å². The third kappa shape index (κ3) is 4.12. The molecule has 0 spiro atoms. The number of carbonyl (C=O) groups is 1. The van der Waals surface area contributed by atoms with E-state index in [1.54, 1.807) is 0 Å². The van der Waals surface area contributed by atoms with Crippen molar-refractivity contribution >= 4 is 27.6 Å². The van der Waals surface area contributed by atoms with Gasteiger partial charge in [0.25, 0.3) is 0 Å². The van der Waals surface area contributed by atoms with Crippen molar-refractivity contribution < 1.29 is 40.1 Å². The van der Waals surface area contributed by atoms with E-state index >= 15 is 0 Å². The van der Waals surface area contributed by atoms with Crippen molar-refractivity contribution in [2.24, 2.45) is 0 Å². The van der Waals surface area contributed by atoms with E-state index in [1.807, 2.05) is 0 Å². The highest BCUT2D eigenvalue weighted by Crippen LogP contribution is 2.33. The quantitative estimate of drug-likeness (QED) is 0.335. The van der Waals surface area contributed by atoms with Gasteiger partial charge in [0.1, 0.15) is 22.9 Å². The second-order valence-corrected chi connectivity index (χ2v) is 7.51. The summed E-state index contributed by atoms with van der Waals surface area (Å²) in [5.74, 6) is -2.78. The van der Waals surface area contributed by atoms with Gasteiger partial charge >= 0.3 is 21.6 Å². The third-order valence-electron chi connectivity index (χ3n) is 3.89. The van der Waals surface area contributed by atoms with Crippen LogP contribution in [0.15, 0.2) is 36.7 Å². The smallest absolute Gasteiger partial charge is 0.477 e. The van der Waals surface area contributed by atoms with Gasteiger partial charge in [0.2, 0.25) is 0 Å². The first-order valence-electron chi connectivity index (χ1n) is 8.03. The highest BCUT2D eigenvalue weighted by atomic mass is 32.2. The van der Waals surface area contributed by atoms with Gasteiger partial charge in [-0.05, 0) is 31.2 Å². The molecule has 30 heavy (non-hydrogen) atoms. The highest BCUT2D eigenvalue weighted by Gasteiger charge is 2.48. The normalized spacial score (nSPS) is 13.2. The van der Waals surface area contributed by atoms with E-state index < -0.39 is 39.2 Å². The fourth-order valence-electron chi connectivity index (χ4n) is 2.50. The van der Waals surface area contributed by atoms with Gasteiger partial charge in [-0.1, -0.05) is 0 Å². The molecule has 0 aliphatic rings. The Balaban J connectivity index is 1.95. The number of fused-ring (bicyclic) bond motifs is 1. The first-order valence-corrected chi connectivity index (χ1v) is 9.44. The Labute approximate surface area is 166 Å². The summed E-state index contributed by atoms with van der Waals surface area (Å²) in [4.78, 5) is 15.3. The number of rotatable bonds is 6. The molecular formula is C16H12F4N4O5S. The van der Waals surface area contributed by atoms with E-state index in [1.165, 1.54) is 23.7 Å². The largest absolute Gasteiger partial charge is 0.534 e. The molecule has 0 saturated carbocycles. The van der Waals surface area contributed by atoms with Crippen LogP contribution in [0.2, 0.25) is 0 Å². The maximum Gasteiger partial charge on any atom is 0.534 e. The molecule has 1 atom stereocenters. The topological polar surface area (TPSA) is 123 Å². The average Bonchev–Trinajstić information content (AvgIpc) is 3.05. The molecule has 0 aliphatic carbocycles. The van der Waals surface area contributed by atoms with Crippen LogP contribution in [0.4, 0.5) is 23.4 Å². The van der Waals surface area contributed by atoms with Gasteiger partial charge in [0.05, 0.1) is 12.2 Å². The van der Waals surface area contributed by atoms with Crippen LogP contribution in [0, 0.1) is 5.82 Å². The standard InChI is InChI=1S/C16H12F4N4O5S/c1-8(22-13-4-5-24-14(23-13)11(7-21-24)15(25)26)10-6-9(17)2-3-12(10)29-30(27,28)16(18,19)20/h2-8H,1H3,(H,22,23)(H,25,26)/t8-/m1/s1. The molecule has 0 unspecified atom stereocenters. The average molecular weight is 448 g/mol. The van der Waals surface area contributed by atoms with E-state index in [0.717, 1.165) is 24.4 Å². The molecule has 3 aromatic rings. The summed E-state index contributed by atoms with van der Waals surface area (Å²) in [6.07, 6.45) is 2.46. The molecule has 3 rings (SSSR count). The Morgan fingerprint density at radius 2 is 2.00 bits per heavy atom. The van der Waals surface area contributed by atoms with E-state index in [-0.39, 0.29) is 22.6 Å². The summed E-state index contributed by atoms with van der Waals surface area (Å²) in [6.45, 7) is 1.39. The lowest BCUT2D eigenvalue weighted by Crippen LogP contribution is -2.28. The zero-order chi connectivity index (χ0) is 22.3. The third-order valence-corrected chi connectivity index (χ3v) is 4.85. The number of carboxylic acid groups (broad SMARTS) is 1. The number of aromatic carboxylic acids is 1. The Morgan fingerprint density at radius 3 is 2.63 bits per heavy atom. The van der Waals surface area contributed by atoms with Crippen LogP contribution in [0.1, 0.15) is 28.9 Å². The lowest BCUT2D eigenvalue weighted by atomic mass is 10.1. The van der Waals surface area contributed by atoms with Crippen molar-refractivity contribution in [1.29, 1.82) is 0 Å². The van der Waals surface area contributed by atoms with Crippen LogP contribution in [0.25, 0.3) is 5.65 Å². The Hall–Kier alpha value is -3.42. The molecule has 160 valence electrons. The van der Waals surface area contributed by atoms with Gasteiger partial charge in [-0.3, -0.25) is 0 Å². The summed E-state index contributed by atoms with van der Waals surface area (Å²) in [6, 6.07) is 2.70. The Bertz CT molecular complexity index is 1230. The molecule has 2 N–H and O–H groups in total. The number of nitrogens with zero attached hydrogens (tertiary/aromatic N) is 3. The second kappa shape index (κ2) is 7.44. The Morgan fingerprint density at radius 1 is 1.30 bits per heavy atom. The number of hydrogen-bond donors (Lipinski definition) is 2. The van der Waals surface area contributed by atoms with Crippen LogP contribution in [-0.2, 0) is 10.1 Å². The monoisotopic (exact) mass is 448 g/mol. The molecule has 2 aromatic heterocycles. The fourth-order valence-corrected chi connectivity index (χ4v) is 2.98. The summed E-state index contributed by atoms with van der Waals surface area (Å²) < 4.78 is 79.5. The SMILES string of the molecule is C[C@@H](Nc1ccn2ncc(C(=O)O)c2n1)c1cc(F)ccc1OS(=O)(=O)C(F)(F)F. The second-order valence-electron chi connectivity index (χ2n) is 5.98. The van der Waals surface area contributed by atoms with E-state index in [4.69, 9.17) is 5.11 Å². The molecule has 0 fully saturated rings. The molecular weight excluding hydrogens is 436 g/mol. The van der Waals surface area contributed by atoms with Crippen LogP contribution >= 0.6 is 0 Å². The number of aromatic nitrogens is 3. The maximum atomic E-state index is 13.7. The van der Waals surface area contributed by atoms with Gasteiger partial charge in [-0.15, -0.1) is 0 Å². The molecule has 0 amide bonds. The molecule has 14 heteroatoms. The number of hydrogen-bond acceptors (Lipinski definition) is 7. The fraction of sp³-hybridized carbons (Fsp3) is 0.188. The lowest BCUT2D eigenvalue weighted by molar-refractivity contribution is -0.0500. The summed E-state index contributed by atoms with van der Waals surface area (Å²) in [5.41, 5.74) is -6.12. The number of nitrogens with one attached hydrogen (secondary N) is 1. The van der Waals surface area contributed by atoms with Gasteiger partial charge in [-0.2, -0.15) is 26.7 Å². The van der Waals surface area contributed by atoms with Crippen LogP contribution in [0.5, 0.6) is 5.75 Å². The zero-order valence-electron chi connectivity index (χ0n) is 14.9. The van der Waals surface area contributed by atoms with Crippen molar-refractivity contribution in [3.05, 3.63) is 53.6 Å². The van der Waals surface area contributed by atoms with E-state index in [0.29, 0.717) is 0 Å². The first kappa shape index (κ1) is 21.3. The number of alkyl halides is 3.